The zero-order chi connectivity index (χ0) is 13.7. The van der Waals surface area contributed by atoms with Gasteiger partial charge in [-0.1, -0.05) is 32.0 Å². The fraction of sp³-hybridized carbons (Fsp3) is 0.400. The first-order valence-corrected chi connectivity index (χ1v) is 7.65. The maximum Gasteiger partial charge on any atom is 0.185 e. The van der Waals surface area contributed by atoms with E-state index in [-0.39, 0.29) is 0 Å². The predicted octanol–water partition coefficient (Wildman–Crippen LogP) is 3.70. The van der Waals surface area contributed by atoms with E-state index in [1.807, 2.05) is 18.2 Å². The Labute approximate surface area is 119 Å². The number of rotatable bonds is 6. The van der Waals surface area contributed by atoms with Crippen molar-refractivity contribution in [1.29, 1.82) is 0 Å². The number of anilines is 2. The number of nitrogens with zero attached hydrogens (tertiary/aromatic N) is 2. The summed E-state index contributed by atoms with van der Waals surface area (Å²) in [4.78, 5) is 6.99. The lowest BCUT2D eigenvalue weighted by Crippen LogP contribution is -2.23. The molecule has 0 radical (unpaired) electrons. The van der Waals surface area contributed by atoms with E-state index in [0.29, 0.717) is 0 Å². The lowest BCUT2D eigenvalue weighted by molar-refractivity contribution is 0.762. The van der Waals surface area contributed by atoms with Gasteiger partial charge in [0.2, 0.25) is 0 Å². The molecule has 0 unspecified atom stereocenters. The second kappa shape index (κ2) is 6.57. The molecule has 0 atom stereocenters. The number of nitrogens with two attached hydrogens (primary N) is 1. The van der Waals surface area contributed by atoms with Gasteiger partial charge in [0.1, 0.15) is 0 Å². The number of para-hydroxylation sites is 1. The molecule has 2 aromatic rings. The molecule has 19 heavy (non-hydrogen) atoms. The molecule has 3 nitrogen and oxygen atoms in total. The zero-order valence-electron chi connectivity index (χ0n) is 11.6. The zero-order valence-corrected chi connectivity index (χ0v) is 12.4. The van der Waals surface area contributed by atoms with E-state index in [1.165, 1.54) is 11.3 Å². The molecule has 102 valence electrons. The van der Waals surface area contributed by atoms with E-state index in [2.05, 4.69) is 35.2 Å². The van der Waals surface area contributed by atoms with Crippen LogP contribution in [0.4, 0.5) is 10.8 Å². The molecule has 0 aliphatic carbocycles. The Balaban J connectivity index is 2.18. The van der Waals surface area contributed by atoms with Gasteiger partial charge in [-0.2, -0.15) is 0 Å². The molecular weight excluding hydrogens is 254 g/mol. The summed E-state index contributed by atoms with van der Waals surface area (Å²) in [5.74, 6) is 0. The van der Waals surface area contributed by atoms with Gasteiger partial charge in [0.25, 0.3) is 0 Å². The second-order valence-corrected chi connectivity index (χ2v) is 5.43. The third-order valence-electron chi connectivity index (χ3n) is 3.08. The van der Waals surface area contributed by atoms with Crippen LogP contribution in [0.2, 0.25) is 0 Å². The lowest BCUT2D eigenvalue weighted by Gasteiger charge is -2.22. The van der Waals surface area contributed by atoms with Gasteiger partial charge < -0.3 is 10.6 Å². The van der Waals surface area contributed by atoms with Crippen LogP contribution in [0, 0.1) is 0 Å². The quantitative estimate of drug-likeness (QED) is 0.817. The Kier molecular flexibility index (Phi) is 4.80. The summed E-state index contributed by atoms with van der Waals surface area (Å²) in [6, 6.07) is 8.06. The molecule has 2 rings (SSSR count). The Morgan fingerprint density at radius 1 is 1.26 bits per heavy atom. The minimum Gasteiger partial charge on any atom is -0.398 e. The summed E-state index contributed by atoms with van der Waals surface area (Å²) in [5, 5.41) is 3.24. The Morgan fingerprint density at radius 2 is 2.05 bits per heavy atom. The highest BCUT2D eigenvalue weighted by atomic mass is 32.1. The second-order valence-electron chi connectivity index (χ2n) is 4.60. The average molecular weight is 275 g/mol. The van der Waals surface area contributed by atoms with Crippen molar-refractivity contribution in [3.05, 3.63) is 40.9 Å². The Morgan fingerprint density at radius 3 is 2.68 bits per heavy atom. The Bertz CT molecular complexity index is 522. The molecule has 0 aliphatic rings. The summed E-state index contributed by atoms with van der Waals surface area (Å²) < 4.78 is 0. The van der Waals surface area contributed by atoms with Crippen molar-refractivity contribution < 1.29 is 0 Å². The smallest absolute Gasteiger partial charge is 0.185 e. The first-order valence-electron chi connectivity index (χ1n) is 6.77. The number of aromatic nitrogens is 1. The average Bonchev–Trinajstić information content (AvgIpc) is 2.89. The molecule has 2 N–H and O–H groups in total. The molecular formula is C15H21N3S. The molecule has 1 aromatic carbocycles. The van der Waals surface area contributed by atoms with E-state index < -0.39 is 0 Å². The topological polar surface area (TPSA) is 42.1 Å². The van der Waals surface area contributed by atoms with Gasteiger partial charge in [0.05, 0.1) is 5.69 Å². The molecule has 0 saturated heterocycles. The van der Waals surface area contributed by atoms with E-state index in [1.54, 1.807) is 11.3 Å². The molecule has 0 amide bonds. The van der Waals surface area contributed by atoms with Gasteiger partial charge in [0, 0.05) is 24.2 Å². The van der Waals surface area contributed by atoms with E-state index in [4.69, 9.17) is 5.73 Å². The van der Waals surface area contributed by atoms with E-state index in [0.717, 1.165) is 36.8 Å². The van der Waals surface area contributed by atoms with Gasteiger partial charge in [-0.3, -0.25) is 0 Å². The van der Waals surface area contributed by atoms with E-state index in [9.17, 15) is 0 Å². The van der Waals surface area contributed by atoms with Crippen LogP contribution in [0.5, 0.6) is 0 Å². The van der Waals surface area contributed by atoms with E-state index >= 15 is 0 Å². The first-order chi connectivity index (χ1) is 9.24. The Hall–Kier alpha value is -1.55. The van der Waals surface area contributed by atoms with Crippen LogP contribution in [0.3, 0.4) is 0 Å². The summed E-state index contributed by atoms with van der Waals surface area (Å²) >= 11 is 1.72. The van der Waals surface area contributed by atoms with Crippen LogP contribution in [0.25, 0.3) is 0 Å². The molecule has 0 saturated carbocycles. The number of hydrogen-bond acceptors (Lipinski definition) is 4. The van der Waals surface area contributed by atoms with Crippen molar-refractivity contribution in [3.8, 4) is 0 Å². The van der Waals surface area contributed by atoms with Crippen molar-refractivity contribution in [3.63, 3.8) is 0 Å². The summed E-state index contributed by atoms with van der Waals surface area (Å²) in [6.07, 6.45) is 2.09. The number of nitrogen functional groups attached to an aromatic ring is 1. The minimum absolute atomic E-state index is 0.831. The predicted molar refractivity (Wildman–Crippen MR) is 83.7 cm³/mol. The fourth-order valence-corrected chi connectivity index (χ4v) is 2.94. The molecule has 0 aliphatic heterocycles. The number of benzene rings is 1. The van der Waals surface area contributed by atoms with Crippen molar-refractivity contribution >= 4 is 22.2 Å². The van der Waals surface area contributed by atoms with Crippen LogP contribution in [0.1, 0.15) is 31.5 Å². The highest BCUT2D eigenvalue weighted by molar-refractivity contribution is 7.13. The molecule has 0 fully saturated rings. The normalized spacial score (nSPS) is 10.6. The number of aryl methyl sites for hydroxylation is 1. The molecule has 1 heterocycles. The maximum absolute atomic E-state index is 6.03. The van der Waals surface area contributed by atoms with Crippen molar-refractivity contribution in [2.24, 2.45) is 0 Å². The number of thiazole rings is 1. The fourth-order valence-electron chi connectivity index (χ4n) is 2.00. The minimum atomic E-state index is 0.831. The van der Waals surface area contributed by atoms with Crippen LogP contribution < -0.4 is 10.6 Å². The van der Waals surface area contributed by atoms with Crippen molar-refractivity contribution in [2.45, 2.75) is 33.2 Å². The first kappa shape index (κ1) is 13.9. The highest BCUT2D eigenvalue weighted by Crippen LogP contribution is 2.24. The van der Waals surface area contributed by atoms with Crippen molar-refractivity contribution in [1.82, 2.24) is 4.98 Å². The van der Waals surface area contributed by atoms with Gasteiger partial charge >= 0.3 is 0 Å². The lowest BCUT2D eigenvalue weighted by atomic mass is 10.1. The van der Waals surface area contributed by atoms with Gasteiger partial charge in [-0.25, -0.2) is 4.98 Å². The third-order valence-corrected chi connectivity index (χ3v) is 4.03. The van der Waals surface area contributed by atoms with Crippen LogP contribution in [-0.4, -0.2) is 11.5 Å². The van der Waals surface area contributed by atoms with Gasteiger partial charge in [0.15, 0.2) is 5.13 Å². The summed E-state index contributed by atoms with van der Waals surface area (Å²) in [6.45, 7) is 6.16. The molecule has 1 aromatic heterocycles. The summed E-state index contributed by atoms with van der Waals surface area (Å²) in [7, 11) is 0. The maximum atomic E-state index is 6.03. The molecule has 4 heteroatoms. The van der Waals surface area contributed by atoms with Crippen LogP contribution in [-0.2, 0) is 13.0 Å². The number of hydrogen-bond donors (Lipinski definition) is 1. The standard InChI is InChI=1S/C15H21N3S/c1-3-9-18(15-17-13(4-2)11-19-15)10-12-7-5-6-8-14(12)16/h5-8,11H,3-4,9-10,16H2,1-2H3. The summed E-state index contributed by atoms with van der Waals surface area (Å²) in [5.41, 5.74) is 9.23. The van der Waals surface area contributed by atoms with Crippen molar-refractivity contribution in [2.75, 3.05) is 17.2 Å². The highest BCUT2D eigenvalue weighted by Gasteiger charge is 2.12. The molecule has 0 spiro atoms. The monoisotopic (exact) mass is 275 g/mol. The third kappa shape index (κ3) is 3.47. The molecule has 0 bridgehead atoms. The largest absolute Gasteiger partial charge is 0.398 e. The van der Waals surface area contributed by atoms with Crippen LogP contribution in [0.15, 0.2) is 29.6 Å². The SMILES string of the molecule is CCCN(Cc1ccccc1N)c1nc(CC)cs1. The van der Waals surface area contributed by atoms with Gasteiger partial charge in [-0.15, -0.1) is 11.3 Å². The van der Waals surface area contributed by atoms with Crippen LogP contribution >= 0.6 is 11.3 Å². The van der Waals surface area contributed by atoms with Gasteiger partial charge in [-0.05, 0) is 24.5 Å².